The van der Waals surface area contributed by atoms with Gasteiger partial charge in [0.05, 0.1) is 27.5 Å². The Morgan fingerprint density at radius 3 is 2.23 bits per heavy atom. The van der Waals surface area contributed by atoms with Crippen LogP contribution in [0.5, 0.6) is 0 Å². The molecule has 1 aromatic heterocycles. The summed E-state index contributed by atoms with van der Waals surface area (Å²) in [5.74, 6) is -0.850. The summed E-state index contributed by atoms with van der Waals surface area (Å²) >= 11 is 0. The van der Waals surface area contributed by atoms with Crippen molar-refractivity contribution in [3.63, 3.8) is 0 Å². The number of aromatic nitrogens is 2. The van der Waals surface area contributed by atoms with Crippen molar-refractivity contribution in [1.82, 2.24) is 9.78 Å². The van der Waals surface area contributed by atoms with Gasteiger partial charge in [-0.15, -0.1) is 0 Å². The summed E-state index contributed by atoms with van der Waals surface area (Å²) in [5.41, 5.74) is -2.20. The Morgan fingerprint density at radius 1 is 1.00 bits per heavy atom. The normalized spacial score (nSPS) is 11.6. The summed E-state index contributed by atoms with van der Waals surface area (Å²) in [6.45, 7) is 4.84. The monoisotopic (exact) mass is 491 g/mol. The van der Waals surface area contributed by atoms with Crippen LogP contribution in [-0.4, -0.2) is 32.3 Å². The van der Waals surface area contributed by atoms with Crippen LogP contribution in [-0.2, 0) is 10.9 Å². The highest BCUT2D eigenvalue weighted by Crippen LogP contribution is 2.34. The Morgan fingerprint density at radius 2 is 1.66 bits per heavy atom. The zero-order valence-electron chi connectivity index (χ0n) is 18.7. The van der Waals surface area contributed by atoms with Gasteiger partial charge in [0.2, 0.25) is 0 Å². The molecular weight excluding hydrogens is 471 g/mol. The molecule has 0 aliphatic carbocycles. The van der Waals surface area contributed by atoms with E-state index in [0.29, 0.717) is 11.8 Å². The van der Waals surface area contributed by atoms with E-state index in [-0.39, 0.29) is 22.8 Å². The van der Waals surface area contributed by atoms with Crippen molar-refractivity contribution >= 4 is 29.1 Å². The number of amides is 2. The van der Waals surface area contributed by atoms with Gasteiger partial charge in [-0.05, 0) is 57.2 Å². The molecule has 0 spiro atoms. The number of rotatable bonds is 5. The van der Waals surface area contributed by atoms with Crippen LogP contribution >= 0.6 is 0 Å². The van der Waals surface area contributed by atoms with Crippen molar-refractivity contribution in [3.05, 3.63) is 76.1 Å². The molecule has 0 fully saturated rings. The third kappa shape index (κ3) is 6.56. The Balaban J connectivity index is 1.85. The van der Waals surface area contributed by atoms with Gasteiger partial charge in [0.1, 0.15) is 5.60 Å². The highest BCUT2D eigenvalue weighted by atomic mass is 19.4. The van der Waals surface area contributed by atoms with Crippen molar-refractivity contribution in [2.45, 2.75) is 32.5 Å². The number of hydrogen-bond acceptors (Lipinski definition) is 6. The first-order chi connectivity index (χ1) is 16.2. The highest BCUT2D eigenvalue weighted by molar-refractivity contribution is 6.05. The third-order valence-electron chi connectivity index (χ3n) is 4.38. The SMILES string of the molecule is CC(C)(C)OC(=O)Nc1ccc(C(F)(F)F)cc1NC(=O)c1ccn(-c2ccc([N+](=O)[O-])cc2)n1. The number of ether oxygens (including phenoxy) is 1. The van der Waals surface area contributed by atoms with E-state index in [0.717, 1.165) is 12.1 Å². The van der Waals surface area contributed by atoms with Crippen molar-refractivity contribution in [3.8, 4) is 5.69 Å². The Labute approximate surface area is 196 Å². The first-order valence-electron chi connectivity index (χ1n) is 10.1. The van der Waals surface area contributed by atoms with Crippen LogP contribution in [0, 0.1) is 10.1 Å². The molecule has 0 aliphatic rings. The fourth-order valence-electron chi connectivity index (χ4n) is 2.85. The van der Waals surface area contributed by atoms with E-state index in [4.69, 9.17) is 4.74 Å². The first kappa shape index (κ1) is 25.2. The lowest BCUT2D eigenvalue weighted by Crippen LogP contribution is -2.27. The Hall–Kier alpha value is -4.42. The van der Waals surface area contributed by atoms with Gasteiger partial charge in [-0.3, -0.25) is 20.2 Å². The quantitative estimate of drug-likeness (QED) is 0.363. The summed E-state index contributed by atoms with van der Waals surface area (Å²) in [4.78, 5) is 35.1. The maximum Gasteiger partial charge on any atom is 0.416 e. The molecule has 3 aromatic rings. The van der Waals surface area contributed by atoms with E-state index in [2.05, 4.69) is 15.7 Å². The molecule has 0 aliphatic heterocycles. The maximum absolute atomic E-state index is 13.2. The molecule has 0 saturated carbocycles. The van der Waals surface area contributed by atoms with Crippen molar-refractivity contribution < 1.29 is 32.4 Å². The zero-order chi connectivity index (χ0) is 26.0. The van der Waals surface area contributed by atoms with Crippen LogP contribution in [0.15, 0.2) is 54.7 Å². The van der Waals surface area contributed by atoms with Gasteiger partial charge in [-0.25, -0.2) is 9.48 Å². The zero-order valence-corrected chi connectivity index (χ0v) is 18.7. The van der Waals surface area contributed by atoms with Crippen molar-refractivity contribution in [2.75, 3.05) is 10.6 Å². The van der Waals surface area contributed by atoms with Crippen LogP contribution in [0.25, 0.3) is 5.69 Å². The smallest absolute Gasteiger partial charge is 0.416 e. The van der Waals surface area contributed by atoms with Gasteiger partial charge in [0.15, 0.2) is 5.69 Å². The van der Waals surface area contributed by atoms with Crippen LogP contribution in [0.2, 0.25) is 0 Å². The molecule has 10 nitrogen and oxygen atoms in total. The van der Waals surface area contributed by atoms with Gasteiger partial charge in [-0.2, -0.15) is 18.3 Å². The number of nitrogens with one attached hydrogen (secondary N) is 2. The van der Waals surface area contributed by atoms with E-state index in [1.54, 1.807) is 20.8 Å². The number of anilines is 2. The Kier molecular flexibility index (Phi) is 6.80. The summed E-state index contributed by atoms with van der Waals surface area (Å²) < 4.78 is 46.1. The number of alkyl halides is 3. The summed E-state index contributed by atoms with van der Waals surface area (Å²) in [6.07, 6.45) is -4.21. The summed E-state index contributed by atoms with van der Waals surface area (Å²) in [6, 6.07) is 9.10. The van der Waals surface area contributed by atoms with Crippen molar-refractivity contribution in [1.29, 1.82) is 0 Å². The molecule has 13 heteroatoms. The summed E-state index contributed by atoms with van der Waals surface area (Å²) in [5, 5.41) is 19.5. The Bertz CT molecular complexity index is 1260. The third-order valence-corrected chi connectivity index (χ3v) is 4.38. The average molecular weight is 491 g/mol. The minimum atomic E-state index is -4.69. The van der Waals surface area contributed by atoms with Gasteiger partial charge < -0.3 is 10.1 Å². The molecule has 0 radical (unpaired) electrons. The predicted octanol–water partition coefficient (Wildman–Crippen LogP) is 5.40. The standard InChI is InChI=1S/C22H20F3N5O5/c1-21(2,3)35-20(32)27-16-9-4-13(22(23,24)25)12-18(16)26-19(31)17-10-11-29(28-17)14-5-7-15(8-6-14)30(33)34/h4-12H,1-3H3,(H,26,31)(H,27,32). The molecule has 1 heterocycles. The van der Waals surface area contributed by atoms with Gasteiger partial charge >= 0.3 is 12.3 Å². The van der Waals surface area contributed by atoms with E-state index in [1.165, 1.54) is 41.2 Å². The fourth-order valence-corrected chi connectivity index (χ4v) is 2.85. The van der Waals surface area contributed by atoms with Crippen LogP contribution in [0.3, 0.4) is 0 Å². The number of nitro groups is 1. The molecule has 2 amide bonds. The van der Waals surface area contributed by atoms with E-state index >= 15 is 0 Å². The number of nitrogens with zero attached hydrogens (tertiary/aromatic N) is 3. The number of hydrogen-bond donors (Lipinski definition) is 2. The van der Waals surface area contributed by atoms with Crippen LogP contribution < -0.4 is 10.6 Å². The molecule has 0 bridgehead atoms. The minimum absolute atomic E-state index is 0.115. The molecular formula is C22H20F3N5O5. The number of non-ortho nitro benzene ring substituents is 1. The second-order valence-electron chi connectivity index (χ2n) is 8.26. The molecule has 0 atom stereocenters. The minimum Gasteiger partial charge on any atom is -0.444 e. The number of carbonyl (C=O) groups excluding carboxylic acids is 2. The largest absolute Gasteiger partial charge is 0.444 e. The highest BCUT2D eigenvalue weighted by Gasteiger charge is 2.31. The molecule has 0 unspecified atom stereocenters. The molecule has 2 aromatic carbocycles. The number of carbonyl (C=O) groups is 2. The first-order valence-corrected chi connectivity index (χ1v) is 10.1. The van der Waals surface area contributed by atoms with Gasteiger partial charge in [-0.1, -0.05) is 0 Å². The molecule has 0 saturated heterocycles. The molecule has 3 rings (SSSR count). The lowest BCUT2D eigenvalue weighted by atomic mass is 10.1. The van der Waals surface area contributed by atoms with Gasteiger partial charge in [0, 0.05) is 18.3 Å². The number of nitro benzene ring substituents is 1. The molecule has 184 valence electrons. The lowest BCUT2D eigenvalue weighted by Gasteiger charge is -2.21. The van der Waals surface area contributed by atoms with Gasteiger partial charge in [0.25, 0.3) is 11.6 Å². The summed E-state index contributed by atoms with van der Waals surface area (Å²) in [7, 11) is 0. The lowest BCUT2D eigenvalue weighted by molar-refractivity contribution is -0.384. The maximum atomic E-state index is 13.2. The molecule has 2 N–H and O–H groups in total. The van der Waals surface area contributed by atoms with Crippen molar-refractivity contribution in [2.24, 2.45) is 0 Å². The second-order valence-corrected chi connectivity index (χ2v) is 8.26. The second kappa shape index (κ2) is 9.44. The van der Waals surface area contributed by atoms with E-state index < -0.39 is 34.3 Å². The number of benzene rings is 2. The molecule has 35 heavy (non-hydrogen) atoms. The van der Waals surface area contributed by atoms with Crippen LogP contribution in [0.1, 0.15) is 36.8 Å². The topological polar surface area (TPSA) is 128 Å². The average Bonchev–Trinajstić information content (AvgIpc) is 3.23. The fraction of sp³-hybridized carbons (Fsp3) is 0.227. The predicted molar refractivity (Wildman–Crippen MR) is 119 cm³/mol. The van der Waals surface area contributed by atoms with E-state index in [9.17, 15) is 32.9 Å². The van der Waals surface area contributed by atoms with E-state index in [1.807, 2.05) is 0 Å². The number of halogens is 3. The van der Waals surface area contributed by atoms with Crippen LogP contribution in [0.4, 0.5) is 35.0 Å².